The maximum Gasteiger partial charge on any atom is 0.417 e. The van der Waals surface area contributed by atoms with Crippen LogP contribution in [0.5, 0.6) is 0 Å². The molecule has 1 spiro atoms. The van der Waals surface area contributed by atoms with Crippen molar-refractivity contribution >= 4 is 44.8 Å². The van der Waals surface area contributed by atoms with Crippen LogP contribution in [-0.4, -0.2) is 35.3 Å². The molecule has 1 N–H and O–H groups in total. The number of carbonyl (C=O) groups excluding carboxylic acids is 2. The Hall–Kier alpha value is -2.58. The van der Waals surface area contributed by atoms with E-state index in [0.29, 0.717) is 51.5 Å². The summed E-state index contributed by atoms with van der Waals surface area (Å²) < 4.78 is 40.9. The molecule has 0 atom stereocenters. The van der Waals surface area contributed by atoms with Crippen molar-refractivity contribution in [3.05, 3.63) is 57.9 Å². The summed E-state index contributed by atoms with van der Waals surface area (Å²) in [6, 6.07) is 10.3. The van der Waals surface area contributed by atoms with Crippen molar-refractivity contribution in [1.29, 1.82) is 0 Å². The molecule has 3 heterocycles. The zero-order chi connectivity index (χ0) is 22.0. The fourth-order valence-electron chi connectivity index (χ4n) is 4.33. The minimum absolute atomic E-state index is 0.00124. The van der Waals surface area contributed by atoms with Crippen LogP contribution in [-0.2, 0) is 11.0 Å². The summed E-state index contributed by atoms with van der Waals surface area (Å²) in [6.07, 6.45) is -3.30. The number of benzene rings is 2. The zero-order valence-corrected chi connectivity index (χ0v) is 17.6. The summed E-state index contributed by atoms with van der Waals surface area (Å²) in [5.41, 5.74) is -0.549. The SMILES string of the molecule is O=C1CCC2(CN(C(=O)c3sc4cc(-c5ccccc5C(F)(F)F)ccc4c3Cl)C2)N1. The first-order valence-corrected chi connectivity index (χ1v) is 10.9. The summed E-state index contributed by atoms with van der Waals surface area (Å²) in [6.45, 7) is 0.874. The zero-order valence-electron chi connectivity index (χ0n) is 16.1. The number of amides is 2. The van der Waals surface area contributed by atoms with Gasteiger partial charge in [0.05, 0.1) is 16.1 Å². The highest BCUT2D eigenvalue weighted by molar-refractivity contribution is 7.21. The maximum atomic E-state index is 13.4. The van der Waals surface area contributed by atoms with E-state index < -0.39 is 11.7 Å². The summed E-state index contributed by atoms with van der Waals surface area (Å²) in [5.74, 6) is -0.228. The molecule has 2 saturated heterocycles. The largest absolute Gasteiger partial charge is 0.417 e. The lowest BCUT2D eigenvalue weighted by atomic mass is 9.88. The molecule has 0 aliphatic carbocycles. The Labute approximate surface area is 184 Å². The van der Waals surface area contributed by atoms with Gasteiger partial charge < -0.3 is 10.2 Å². The van der Waals surface area contributed by atoms with Gasteiger partial charge in [-0.2, -0.15) is 13.2 Å². The number of carbonyl (C=O) groups is 2. The number of likely N-dealkylation sites (tertiary alicyclic amines) is 1. The lowest BCUT2D eigenvalue weighted by Crippen LogP contribution is -2.68. The molecule has 0 unspecified atom stereocenters. The van der Waals surface area contributed by atoms with E-state index in [2.05, 4.69) is 5.32 Å². The third-order valence-electron chi connectivity index (χ3n) is 5.88. The average Bonchev–Trinajstić information content (AvgIpc) is 3.26. The minimum atomic E-state index is -4.47. The van der Waals surface area contributed by atoms with E-state index in [4.69, 9.17) is 11.6 Å². The van der Waals surface area contributed by atoms with Gasteiger partial charge in [-0.3, -0.25) is 9.59 Å². The topological polar surface area (TPSA) is 49.4 Å². The van der Waals surface area contributed by atoms with Crippen molar-refractivity contribution in [2.24, 2.45) is 0 Å². The molecule has 2 fully saturated rings. The van der Waals surface area contributed by atoms with Crippen LogP contribution in [0.3, 0.4) is 0 Å². The van der Waals surface area contributed by atoms with Gasteiger partial charge in [0.1, 0.15) is 4.88 Å². The van der Waals surface area contributed by atoms with E-state index in [-0.39, 0.29) is 22.9 Å². The van der Waals surface area contributed by atoms with E-state index >= 15 is 0 Å². The second-order valence-corrected chi connectivity index (χ2v) is 9.42. The van der Waals surface area contributed by atoms with E-state index in [9.17, 15) is 22.8 Å². The Bertz CT molecular complexity index is 1230. The Kier molecular flexibility index (Phi) is 4.57. The van der Waals surface area contributed by atoms with Gasteiger partial charge in [0.2, 0.25) is 5.91 Å². The minimum Gasteiger partial charge on any atom is -0.347 e. The molecule has 2 amide bonds. The van der Waals surface area contributed by atoms with Crippen molar-refractivity contribution in [2.45, 2.75) is 24.6 Å². The van der Waals surface area contributed by atoms with Gasteiger partial charge in [-0.25, -0.2) is 0 Å². The highest BCUT2D eigenvalue weighted by Gasteiger charge is 2.49. The van der Waals surface area contributed by atoms with E-state index in [1.54, 1.807) is 29.2 Å². The molecular formula is C22H16ClF3N2O2S. The molecular weight excluding hydrogens is 449 g/mol. The molecule has 5 rings (SSSR count). The molecule has 3 aromatic rings. The summed E-state index contributed by atoms with van der Waals surface area (Å²) in [7, 11) is 0. The van der Waals surface area contributed by atoms with Gasteiger partial charge in [-0.05, 0) is 29.7 Å². The highest BCUT2D eigenvalue weighted by Crippen LogP contribution is 2.42. The number of nitrogens with one attached hydrogen (secondary N) is 1. The number of fused-ring (bicyclic) bond motifs is 1. The van der Waals surface area contributed by atoms with Crippen molar-refractivity contribution in [2.75, 3.05) is 13.1 Å². The first-order chi connectivity index (χ1) is 14.7. The van der Waals surface area contributed by atoms with Gasteiger partial charge in [0, 0.05) is 29.6 Å². The van der Waals surface area contributed by atoms with Crippen molar-refractivity contribution in [1.82, 2.24) is 10.2 Å². The Morgan fingerprint density at radius 3 is 2.58 bits per heavy atom. The second-order valence-electron chi connectivity index (χ2n) is 7.99. The third kappa shape index (κ3) is 3.38. The summed E-state index contributed by atoms with van der Waals surface area (Å²) in [5, 5.41) is 3.87. The normalized spacial score (nSPS) is 17.8. The summed E-state index contributed by atoms with van der Waals surface area (Å²) in [4.78, 5) is 26.5. The number of alkyl halides is 3. The predicted octanol–water partition coefficient (Wildman–Crippen LogP) is 5.35. The lowest BCUT2D eigenvalue weighted by molar-refractivity contribution is -0.137. The second kappa shape index (κ2) is 6.97. The first kappa shape index (κ1) is 20.3. The van der Waals surface area contributed by atoms with Gasteiger partial charge in [0.15, 0.2) is 0 Å². The highest BCUT2D eigenvalue weighted by atomic mass is 35.5. The van der Waals surface area contributed by atoms with Gasteiger partial charge >= 0.3 is 6.18 Å². The number of thiophene rings is 1. The molecule has 160 valence electrons. The van der Waals surface area contributed by atoms with Crippen LogP contribution in [0.15, 0.2) is 42.5 Å². The van der Waals surface area contributed by atoms with Gasteiger partial charge in [-0.15, -0.1) is 11.3 Å². The molecule has 31 heavy (non-hydrogen) atoms. The van der Waals surface area contributed by atoms with Gasteiger partial charge in [0.25, 0.3) is 5.91 Å². The van der Waals surface area contributed by atoms with Crippen molar-refractivity contribution < 1.29 is 22.8 Å². The smallest absolute Gasteiger partial charge is 0.347 e. The molecule has 1 aromatic heterocycles. The predicted molar refractivity (Wildman–Crippen MR) is 113 cm³/mol. The third-order valence-corrected chi connectivity index (χ3v) is 7.52. The van der Waals surface area contributed by atoms with Crippen LogP contribution in [0, 0.1) is 0 Å². The lowest BCUT2D eigenvalue weighted by Gasteiger charge is -2.47. The molecule has 4 nitrogen and oxygen atoms in total. The van der Waals surface area contributed by atoms with Crippen LogP contribution in [0.1, 0.15) is 28.1 Å². The number of halogens is 4. The van der Waals surface area contributed by atoms with E-state index in [1.165, 1.54) is 23.5 Å². The van der Waals surface area contributed by atoms with E-state index in [1.807, 2.05) is 0 Å². The van der Waals surface area contributed by atoms with Crippen molar-refractivity contribution in [3.8, 4) is 11.1 Å². The maximum absolute atomic E-state index is 13.4. The Morgan fingerprint density at radius 2 is 1.90 bits per heavy atom. The Balaban J connectivity index is 1.46. The molecule has 0 radical (unpaired) electrons. The molecule has 2 aliphatic rings. The number of hydrogen-bond donors (Lipinski definition) is 1. The molecule has 2 aromatic carbocycles. The van der Waals surface area contributed by atoms with Crippen LogP contribution in [0.25, 0.3) is 21.2 Å². The molecule has 2 aliphatic heterocycles. The van der Waals surface area contributed by atoms with Crippen LogP contribution >= 0.6 is 22.9 Å². The van der Waals surface area contributed by atoms with E-state index in [0.717, 1.165) is 6.07 Å². The number of nitrogens with zero attached hydrogens (tertiary/aromatic N) is 1. The quantitative estimate of drug-likeness (QED) is 0.556. The molecule has 0 bridgehead atoms. The number of rotatable bonds is 2. The summed E-state index contributed by atoms with van der Waals surface area (Å²) >= 11 is 7.64. The fraction of sp³-hybridized carbons (Fsp3) is 0.273. The van der Waals surface area contributed by atoms with Crippen molar-refractivity contribution in [3.63, 3.8) is 0 Å². The first-order valence-electron chi connectivity index (χ1n) is 9.66. The monoisotopic (exact) mass is 464 g/mol. The van der Waals surface area contributed by atoms with Gasteiger partial charge in [-0.1, -0.05) is 41.9 Å². The molecule has 0 saturated carbocycles. The molecule has 9 heteroatoms. The fourth-order valence-corrected chi connectivity index (χ4v) is 5.85. The average molecular weight is 465 g/mol. The van der Waals surface area contributed by atoms with Crippen LogP contribution < -0.4 is 5.32 Å². The van der Waals surface area contributed by atoms with Crippen LogP contribution in [0.2, 0.25) is 5.02 Å². The Morgan fingerprint density at radius 1 is 1.16 bits per heavy atom. The number of hydrogen-bond acceptors (Lipinski definition) is 3. The van der Waals surface area contributed by atoms with Crippen LogP contribution in [0.4, 0.5) is 13.2 Å². The standard InChI is InChI=1S/C22H16ClF3N2O2S/c23-18-14-6-5-12(13-3-1-2-4-15(13)22(24,25)26)9-16(14)31-19(18)20(30)28-10-21(11-28)8-7-17(29)27-21/h1-6,9H,7-8,10-11H2,(H,27,29).